The Hall–Kier alpha value is -2.41. The van der Waals surface area contributed by atoms with Gasteiger partial charge in [0, 0.05) is 37.6 Å². The Balaban J connectivity index is 1.84. The zero-order valence-electron chi connectivity index (χ0n) is 12.8. The minimum atomic E-state index is -4.41. The molecule has 2 heterocycles. The summed E-state index contributed by atoms with van der Waals surface area (Å²) in [7, 11) is 0. The van der Waals surface area contributed by atoms with Gasteiger partial charge in [0.15, 0.2) is 0 Å². The van der Waals surface area contributed by atoms with Crippen LogP contribution in [0.1, 0.15) is 27.5 Å². The zero-order chi connectivity index (χ0) is 17.2. The normalized spacial score (nSPS) is 18.5. The molecule has 1 aliphatic heterocycles. The van der Waals surface area contributed by atoms with Crippen LogP contribution in [-0.2, 0) is 6.18 Å². The molecule has 0 spiro atoms. The standard InChI is InChI=1S/C17H16F3N3O/c18-17(19,20)14-5-3-12(4-6-14)16(24)23-9-8-22-11-15(23)13-2-1-7-21-10-13/h1-7,10,15,22H,8-9,11H2. The number of alkyl halides is 3. The summed E-state index contributed by atoms with van der Waals surface area (Å²) in [5, 5.41) is 3.23. The smallest absolute Gasteiger partial charge is 0.329 e. The third-order valence-corrected chi connectivity index (χ3v) is 4.03. The minimum absolute atomic E-state index is 0.192. The molecular weight excluding hydrogens is 319 g/mol. The van der Waals surface area contributed by atoms with Crippen molar-refractivity contribution in [3.8, 4) is 0 Å². The second-order valence-corrected chi connectivity index (χ2v) is 5.58. The number of nitrogens with zero attached hydrogens (tertiary/aromatic N) is 2. The number of hydrogen-bond acceptors (Lipinski definition) is 3. The molecule has 0 saturated carbocycles. The van der Waals surface area contributed by atoms with Crippen LogP contribution in [0.4, 0.5) is 13.2 Å². The molecule has 2 aromatic rings. The fourth-order valence-electron chi connectivity index (χ4n) is 2.79. The fraction of sp³-hybridized carbons (Fsp3) is 0.294. The van der Waals surface area contributed by atoms with Gasteiger partial charge in [-0.1, -0.05) is 6.07 Å². The number of nitrogens with one attached hydrogen (secondary N) is 1. The third kappa shape index (κ3) is 3.41. The van der Waals surface area contributed by atoms with Crippen molar-refractivity contribution in [2.45, 2.75) is 12.2 Å². The summed E-state index contributed by atoms with van der Waals surface area (Å²) in [4.78, 5) is 18.5. The molecule has 0 radical (unpaired) electrons. The molecule has 1 amide bonds. The summed E-state index contributed by atoms with van der Waals surface area (Å²) >= 11 is 0. The van der Waals surface area contributed by atoms with Crippen LogP contribution in [0.2, 0.25) is 0 Å². The maximum atomic E-state index is 12.7. The summed E-state index contributed by atoms with van der Waals surface area (Å²) in [5.41, 5.74) is 0.381. The molecule has 0 aliphatic carbocycles. The Bertz CT molecular complexity index is 701. The Morgan fingerprint density at radius 2 is 1.96 bits per heavy atom. The number of rotatable bonds is 2. The van der Waals surface area contributed by atoms with Crippen LogP contribution in [0, 0.1) is 0 Å². The van der Waals surface area contributed by atoms with Crippen molar-refractivity contribution in [2.24, 2.45) is 0 Å². The van der Waals surface area contributed by atoms with Crippen molar-refractivity contribution in [3.05, 3.63) is 65.5 Å². The average molecular weight is 335 g/mol. The van der Waals surface area contributed by atoms with Gasteiger partial charge in [-0.15, -0.1) is 0 Å². The number of hydrogen-bond donors (Lipinski definition) is 1. The Kier molecular flexibility index (Phi) is 4.53. The number of carbonyl (C=O) groups excluding carboxylic acids is 1. The lowest BCUT2D eigenvalue weighted by Crippen LogP contribution is -2.48. The summed E-state index contributed by atoms with van der Waals surface area (Å²) in [6, 6.07) is 7.83. The Morgan fingerprint density at radius 3 is 2.58 bits per heavy atom. The number of benzene rings is 1. The van der Waals surface area contributed by atoms with Crippen LogP contribution >= 0.6 is 0 Å². The van der Waals surface area contributed by atoms with E-state index < -0.39 is 11.7 Å². The van der Waals surface area contributed by atoms with E-state index in [0.717, 1.165) is 17.7 Å². The van der Waals surface area contributed by atoms with Gasteiger partial charge >= 0.3 is 6.18 Å². The predicted molar refractivity (Wildman–Crippen MR) is 82.3 cm³/mol. The molecule has 1 aliphatic rings. The van der Waals surface area contributed by atoms with Gasteiger partial charge in [0.1, 0.15) is 0 Å². The molecule has 4 nitrogen and oxygen atoms in total. The monoisotopic (exact) mass is 335 g/mol. The van der Waals surface area contributed by atoms with Gasteiger partial charge in [-0.25, -0.2) is 0 Å². The van der Waals surface area contributed by atoms with E-state index in [0.29, 0.717) is 19.6 Å². The predicted octanol–water partition coefficient (Wildman–Crippen LogP) is 2.89. The van der Waals surface area contributed by atoms with Crippen LogP contribution in [0.5, 0.6) is 0 Å². The van der Waals surface area contributed by atoms with Gasteiger partial charge in [0.2, 0.25) is 0 Å². The number of halogens is 3. The highest BCUT2D eigenvalue weighted by Gasteiger charge is 2.32. The quantitative estimate of drug-likeness (QED) is 0.918. The van der Waals surface area contributed by atoms with Crippen molar-refractivity contribution in [3.63, 3.8) is 0 Å². The highest BCUT2D eigenvalue weighted by Crippen LogP contribution is 2.30. The SMILES string of the molecule is O=C(c1ccc(C(F)(F)F)cc1)N1CCNCC1c1cccnc1. The topological polar surface area (TPSA) is 45.2 Å². The number of aromatic nitrogens is 1. The molecular formula is C17H16F3N3O. The van der Waals surface area contributed by atoms with Gasteiger partial charge in [-0.3, -0.25) is 9.78 Å². The largest absolute Gasteiger partial charge is 0.416 e. The number of amides is 1. The molecule has 1 N–H and O–H groups in total. The highest BCUT2D eigenvalue weighted by atomic mass is 19.4. The second-order valence-electron chi connectivity index (χ2n) is 5.58. The van der Waals surface area contributed by atoms with Gasteiger partial charge in [-0.05, 0) is 35.9 Å². The summed E-state index contributed by atoms with van der Waals surface area (Å²) in [6.07, 6.45) is -1.05. The van der Waals surface area contributed by atoms with Crippen molar-refractivity contribution < 1.29 is 18.0 Å². The van der Waals surface area contributed by atoms with E-state index in [1.54, 1.807) is 23.4 Å². The van der Waals surface area contributed by atoms with Gasteiger partial charge in [0.05, 0.1) is 11.6 Å². The van der Waals surface area contributed by atoms with E-state index >= 15 is 0 Å². The average Bonchev–Trinajstić information content (AvgIpc) is 2.61. The first-order valence-electron chi connectivity index (χ1n) is 7.55. The van der Waals surface area contributed by atoms with E-state index in [1.807, 2.05) is 6.07 Å². The molecule has 1 aromatic heterocycles. The first-order chi connectivity index (χ1) is 11.5. The second kappa shape index (κ2) is 6.60. The van der Waals surface area contributed by atoms with E-state index in [9.17, 15) is 18.0 Å². The molecule has 1 saturated heterocycles. The Labute approximate surface area is 137 Å². The van der Waals surface area contributed by atoms with Crippen LogP contribution in [0.3, 0.4) is 0 Å². The summed E-state index contributed by atoms with van der Waals surface area (Å²) < 4.78 is 37.9. The van der Waals surface area contributed by atoms with Crippen molar-refractivity contribution in [1.82, 2.24) is 15.2 Å². The van der Waals surface area contributed by atoms with Crippen molar-refractivity contribution in [2.75, 3.05) is 19.6 Å². The zero-order valence-corrected chi connectivity index (χ0v) is 12.8. The van der Waals surface area contributed by atoms with Gasteiger partial charge < -0.3 is 10.2 Å². The number of carbonyl (C=O) groups is 1. The van der Waals surface area contributed by atoms with E-state index in [-0.39, 0.29) is 17.5 Å². The number of pyridine rings is 1. The molecule has 1 fully saturated rings. The van der Waals surface area contributed by atoms with Crippen LogP contribution in [0.25, 0.3) is 0 Å². The molecule has 24 heavy (non-hydrogen) atoms. The molecule has 7 heteroatoms. The van der Waals surface area contributed by atoms with Crippen molar-refractivity contribution >= 4 is 5.91 Å². The highest BCUT2D eigenvalue weighted by molar-refractivity contribution is 5.94. The maximum absolute atomic E-state index is 12.7. The first kappa shape index (κ1) is 16.4. The molecule has 1 aromatic carbocycles. The van der Waals surface area contributed by atoms with Crippen molar-refractivity contribution in [1.29, 1.82) is 0 Å². The maximum Gasteiger partial charge on any atom is 0.416 e. The lowest BCUT2D eigenvalue weighted by molar-refractivity contribution is -0.137. The van der Waals surface area contributed by atoms with Crippen LogP contribution < -0.4 is 5.32 Å². The molecule has 126 valence electrons. The van der Waals surface area contributed by atoms with Crippen LogP contribution in [0.15, 0.2) is 48.8 Å². The minimum Gasteiger partial charge on any atom is -0.329 e. The van der Waals surface area contributed by atoms with Crippen LogP contribution in [-0.4, -0.2) is 35.4 Å². The van der Waals surface area contributed by atoms with Gasteiger partial charge in [0.25, 0.3) is 5.91 Å². The molecule has 1 atom stereocenters. The third-order valence-electron chi connectivity index (χ3n) is 4.03. The lowest BCUT2D eigenvalue weighted by atomic mass is 10.0. The lowest BCUT2D eigenvalue weighted by Gasteiger charge is -2.36. The summed E-state index contributed by atoms with van der Waals surface area (Å²) in [5.74, 6) is -0.279. The first-order valence-corrected chi connectivity index (χ1v) is 7.55. The number of piperazine rings is 1. The fourth-order valence-corrected chi connectivity index (χ4v) is 2.79. The Morgan fingerprint density at radius 1 is 1.21 bits per heavy atom. The molecule has 0 bridgehead atoms. The van der Waals surface area contributed by atoms with E-state index in [1.165, 1.54) is 12.1 Å². The van der Waals surface area contributed by atoms with E-state index in [2.05, 4.69) is 10.3 Å². The van der Waals surface area contributed by atoms with E-state index in [4.69, 9.17) is 0 Å². The summed E-state index contributed by atoms with van der Waals surface area (Å²) in [6.45, 7) is 1.71. The van der Waals surface area contributed by atoms with Gasteiger partial charge in [-0.2, -0.15) is 13.2 Å². The molecule has 1 unspecified atom stereocenters. The molecule has 3 rings (SSSR count).